The third-order valence-corrected chi connectivity index (χ3v) is 4.17. The number of carboxylic acids is 1. The lowest BCUT2D eigenvalue weighted by Gasteiger charge is -2.23. The highest BCUT2D eigenvalue weighted by atomic mass is 16.4. The molecule has 1 unspecified atom stereocenters. The van der Waals surface area contributed by atoms with Crippen molar-refractivity contribution in [2.45, 2.75) is 26.2 Å². The molecule has 0 aromatic heterocycles. The van der Waals surface area contributed by atoms with Gasteiger partial charge in [0, 0.05) is 18.8 Å². The van der Waals surface area contributed by atoms with Crippen LogP contribution in [0.3, 0.4) is 0 Å². The largest absolute Gasteiger partial charge is 0.481 e. The number of likely N-dealkylation sites (tertiary alicyclic amines) is 1. The van der Waals surface area contributed by atoms with Gasteiger partial charge in [-0.05, 0) is 30.5 Å². The SMILES string of the molecule is CCC1(C(=O)O)CCN(C(=O)Cc2ccc(N)cc2)C1. The fourth-order valence-electron chi connectivity index (χ4n) is 2.62. The summed E-state index contributed by atoms with van der Waals surface area (Å²) < 4.78 is 0. The number of hydrogen-bond acceptors (Lipinski definition) is 3. The lowest BCUT2D eigenvalue weighted by Crippen LogP contribution is -2.37. The monoisotopic (exact) mass is 276 g/mol. The second-order valence-electron chi connectivity index (χ2n) is 5.42. The summed E-state index contributed by atoms with van der Waals surface area (Å²) in [5, 5.41) is 9.33. The Kier molecular flexibility index (Phi) is 3.97. The number of carboxylic acid groups (broad SMARTS) is 1. The smallest absolute Gasteiger partial charge is 0.311 e. The Morgan fingerprint density at radius 3 is 2.50 bits per heavy atom. The molecule has 3 N–H and O–H groups in total. The van der Waals surface area contributed by atoms with E-state index in [0.29, 0.717) is 38.0 Å². The predicted octanol–water partition coefficient (Wildman–Crippen LogP) is 1.52. The van der Waals surface area contributed by atoms with Crippen LogP contribution in [0.4, 0.5) is 5.69 Å². The number of anilines is 1. The summed E-state index contributed by atoms with van der Waals surface area (Å²) in [5.74, 6) is -0.825. The molecule has 1 aliphatic heterocycles. The second kappa shape index (κ2) is 5.53. The van der Waals surface area contributed by atoms with Gasteiger partial charge in [0.1, 0.15) is 0 Å². The Hall–Kier alpha value is -2.04. The van der Waals surface area contributed by atoms with Gasteiger partial charge in [-0.25, -0.2) is 0 Å². The maximum Gasteiger partial charge on any atom is 0.311 e. The molecule has 1 aliphatic rings. The van der Waals surface area contributed by atoms with Crippen molar-refractivity contribution >= 4 is 17.6 Å². The average molecular weight is 276 g/mol. The quantitative estimate of drug-likeness (QED) is 0.817. The number of benzene rings is 1. The number of aliphatic carboxylic acids is 1. The third kappa shape index (κ3) is 2.76. The Balaban J connectivity index is 2.01. The molecule has 20 heavy (non-hydrogen) atoms. The Morgan fingerprint density at radius 2 is 2.00 bits per heavy atom. The highest BCUT2D eigenvalue weighted by molar-refractivity contribution is 5.82. The second-order valence-corrected chi connectivity index (χ2v) is 5.42. The fourth-order valence-corrected chi connectivity index (χ4v) is 2.62. The zero-order valence-electron chi connectivity index (χ0n) is 11.6. The fraction of sp³-hybridized carbons (Fsp3) is 0.467. The van der Waals surface area contributed by atoms with E-state index in [4.69, 9.17) is 5.73 Å². The molecule has 1 aromatic rings. The summed E-state index contributed by atoms with van der Waals surface area (Å²) in [4.78, 5) is 25.3. The zero-order valence-corrected chi connectivity index (χ0v) is 11.6. The standard InChI is InChI=1S/C15H20N2O3/c1-2-15(14(19)20)7-8-17(10-15)13(18)9-11-3-5-12(16)6-4-11/h3-6H,2,7-10,16H2,1H3,(H,19,20). The van der Waals surface area contributed by atoms with Crippen molar-refractivity contribution < 1.29 is 14.7 Å². The molecule has 5 heteroatoms. The highest BCUT2D eigenvalue weighted by Gasteiger charge is 2.44. The molecule has 1 atom stereocenters. The van der Waals surface area contributed by atoms with Crippen molar-refractivity contribution in [3.05, 3.63) is 29.8 Å². The molecule has 0 spiro atoms. The van der Waals surface area contributed by atoms with Crippen molar-refractivity contribution in [2.24, 2.45) is 5.41 Å². The molecule has 1 heterocycles. The van der Waals surface area contributed by atoms with Gasteiger partial charge in [0.05, 0.1) is 11.8 Å². The summed E-state index contributed by atoms with van der Waals surface area (Å²) in [5.41, 5.74) is 6.40. The first-order chi connectivity index (χ1) is 9.47. The van der Waals surface area contributed by atoms with Crippen LogP contribution < -0.4 is 5.73 Å². The van der Waals surface area contributed by atoms with Crippen LogP contribution in [-0.2, 0) is 16.0 Å². The molecule has 2 rings (SSSR count). The molecule has 0 saturated carbocycles. The minimum atomic E-state index is -0.803. The summed E-state index contributed by atoms with van der Waals surface area (Å²) in [6.07, 6.45) is 1.37. The third-order valence-electron chi connectivity index (χ3n) is 4.17. The van der Waals surface area contributed by atoms with E-state index in [2.05, 4.69) is 0 Å². The van der Waals surface area contributed by atoms with Gasteiger partial charge < -0.3 is 15.7 Å². The van der Waals surface area contributed by atoms with Gasteiger partial charge in [-0.2, -0.15) is 0 Å². The number of nitrogens with zero attached hydrogens (tertiary/aromatic N) is 1. The van der Waals surface area contributed by atoms with Crippen molar-refractivity contribution in [3.63, 3.8) is 0 Å². The van der Waals surface area contributed by atoms with Crippen molar-refractivity contribution in [2.75, 3.05) is 18.8 Å². The molecule has 1 amide bonds. The lowest BCUT2D eigenvalue weighted by molar-refractivity contribution is -0.148. The van der Waals surface area contributed by atoms with Gasteiger partial charge in [-0.15, -0.1) is 0 Å². The van der Waals surface area contributed by atoms with E-state index in [0.717, 1.165) is 5.56 Å². The summed E-state index contributed by atoms with van der Waals surface area (Å²) in [6, 6.07) is 7.18. The topological polar surface area (TPSA) is 83.6 Å². The first kappa shape index (κ1) is 14.4. The normalized spacial score (nSPS) is 21.9. The Bertz CT molecular complexity index is 512. The Morgan fingerprint density at radius 1 is 1.35 bits per heavy atom. The van der Waals surface area contributed by atoms with Crippen molar-refractivity contribution in [3.8, 4) is 0 Å². The number of amides is 1. The van der Waals surface area contributed by atoms with Crippen molar-refractivity contribution in [1.29, 1.82) is 0 Å². The molecule has 1 aromatic carbocycles. The number of nitrogens with two attached hydrogens (primary N) is 1. The first-order valence-electron chi connectivity index (χ1n) is 6.82. The summed E-state index contributed by atoms with van der Waals surface area (Å²) in [7, 11) is 0. The minimum Gasteiger partial charge on any atom is -0.481 e. The van der Waals surface area contributed by atoms with E-state index < -0.39 is 11.4 Å². The van der Waals surface area contributed by atoms with Crippen LogP contribution in [0.1, 0.15) is 25.3 Å². The average Bonchev–Trinajstić information content (AvgIpc) is 2.87. The molecule has 1 fully saturated rings. The van der Waals surface area contributed by atoms with E-state index in [9.17, 15) is 14.7 Å². The zero-order chi connectivity index (χ0) is 14.8. The van der Waals surface area contributed by atoms with E-state index in [1.54, 1.807) is 17.0 Å². The van der Waals surface area contributed by atoms with E-state index in [1.807, 2.05) is 19.1 Å². The summed E-state index contributed by atoms with van der Waals surface area (Å²) in [6.45, 7) is 2.70. The molecular weight excluding hydrogens is 256 g/mol. The van der Waals surface area contributed by atoms with E-state index in [-0.39, 0.29) is 5.91 Å². The number of carbonyl (C=O) groups is 2. The molecule has 0 radical (unpaired) electrons. The van der Waals surface area contributed by atoms with E-state index >= 15 is 0 Å². The van der Waals surface area contributed by atoms with Crippen LogP contribution in [0, 0.1) is 5.41 Å². The number of nitrogen functional groups attached to an aromatic ring is 1. The van der Waals surface area contributed by atoms with E-state index in [1.165, 1.54) is 0 Å². The summed E-state index contributed by atoms with van der Waals surface area (Å²) >= 11 is 0. The molecular formula is C15H20N2O3. The predicted molar refractivity (Wildman–Crippen MR) is 76.1 cm³/mol. The molecule has 5 nitrogen and oxygen atoms in total. The lowest BCUT2D eigenvalue weighted by atomic mass is 9.84. The van der Waals surface area contributed by atoms with Crippen LogP contribution in [0.15, 0.2) is 24.3 Å². The van der Waals surface area contributed by atoms with Gasteiger partial charge in [0.15, 0.2) is 0 Å². The maximum absolute atomic E-state index is 12.2. The number of carbonyl (C=O) groups excluding carboxylic acids is 1. The molecule has 1 saturated heterocycles. The van der Waals surface area contributed by atoms with Gasteiger partial charge in [0.25, 0.3) is 0 Å². The maximum atomic E-state index is 12.2. The molecule has 108 valence electrons. The number of rotatable bonds is 4. The van der Waals surface area contributed by atoms with Gasteiger partial charge in [0.2, 0.25) is 5.91 Å². The molecule has 0 bridgehead atoms. The van der Waals surface area contributed by atoms with Gasteiger partial charge in [-0.3, -0.25) is 9.59 Å². The van der Waals surface area contributed by atoms with Gasteiger partial charge in [-0.1, -0.05) is 19.1 Å². The van der Waals surface area contributed by atoms with Crippen LogP contribution in [0.2, 0.25) is 0 Å². The Labute approximate surface area is 118 Å². The van der Waals surface area contributed by atoms with Crippen LogP contribution in [-0.4, -0.2) is 35.0 Å². The number of hydrogen-bond donors (Lipinski definition) is 2. The van der Waals surface area contributed by atoms with Crippen molar-refractivity contribution in [1.82, 2.24) is 4.90 Å². The molecule has 0 aliphatic carbocycles. The first-order valence-corrected chi connectivity index (χ1v) is 6.82. The van der Waals surface area contributed by atoms with Crippen LogP contribution in [0.25, 0.3) is 0 Å². The minimum absolute atomic E-state index is 0.0219. The van der Waals surface area contributed by atoms with Gasteiger partial charge >= 0.3 is 5.97 Å². The van der Waals surface area contributed by atoms with Crippen LogP contribution >= 0.6 is 0 Å². The van der Waals surface area contributed by atoms with Crippen LogP contribution in [0.5, 0.6) is 0 Å². The highest BCUT2D eigenvalue weighted by Crippen LogP contribution is 2.34.